The topological polar surface area (TPSA) is 32.3 Å². The molecule has 1 aromatic rings. The van der Waals surface area contributed by atoms with E-state index >= 15 is 0 Å². The molecule has 0 aliphatic carbocycles. The van der Waals surface area contributed by atoms with E-state index in [9.17, 15) is 4.79 Å². The van der Waals surface area contributed by atoms with Crippen LogP contribution in [-0.2, 0) is 6.42 Å². The average molecular weight is 265 g/mol. The normalized spacial score (nSPS) is 22.0. The lowest BCUT2D eigenvalue weighted by Gasteiger charge is -2.30. The van der Waals surface area contributed by atoms with Crippen molar-refractivity contribution in [1.29, 1.82) is 0 Å². The summed E-state index contributed by atoms with van der Waals surface area (Å²) in [7, 11) is 0. The molecule has 4 heteroatoms. The fourth-order valence-electron chi connectivity index (χ4n) is 2.98. The van der Waals surface area contributed by atoms with Crippen molar-refractivity contribution < 1.29 is 4.79 Å². The SMILES string of the molecule is CCCc1cc(Cl)c2c(c1)[C@@H]1CNCCN1C2=O. The molecule has 1 N–H and O–H groups in total. The molecule has 2 heterocycles. The van der Waals surface area contributed by atoms with Gasteiger partial charge in [0.05, 0.1) is 16.6 Å². The van der Waals surface area contributed by atoms with Gasteiger partial charge in [-0.05, 0) is 23.6 Å². The van der Waals surface area contributed by atoms with Crippen LogP contribution in [0.15, 0.2) is 12.1 Å². The first-order valence-electron chi connectivity index (χ1n) is 6.56. The molecule has 3 nitrogen and oxygen atoms in total. The first-order chi connectivity index (χ1) is 8.72. The van der Waals surface area contributed by atoms with E-state index in [1.54, 1.807) is 0 Å². The van der Waals surface area contributed by atoms with Crippen molar-refractivity contribution in [1.82, 2.24) is 10.2 Å². The van der Waals surface area contributed by atoms with Gasteiger partial charge < -0.3 is 10.2 Å². The van der Waals surface area contributed by atoms with Crippen LogP contribution in [0.3, 0.4) is 0 Å². The standard InChI is InChI=1S/C14H17ClN2O/c1-2-3-9-6-10-12-8-16-4-5-17(12)14(18)13(10)11(15)7-9/h6-7,12,16H,2-5,8H2,1H3/t12-/m0/s1. The Kier molecular flexibility index (Phi) is 3.04. The second-order valence-corrected chi connectivity index (χ2v) is 5.42. The van der Waals surface area contributed by atoms with Gasteiger partial charge in [-0.3, -0.25) is 4.79 Å². The van der Waals surface area contributed by atoms with E-state index in [0.717, 1.165) is 43.6 Å². The van der Waals surface area contributed by atoms with Gasteiger partial charge >= 0.3 is 0 Å². The summed E-state index contributed by atoms with van der Waals surface area (Å²) in [5.74, 6) is 0.101. The van der Waals surface area contributed by atoms with Gasteiger partial charge in [0.1, 0.15) is 0 Å². The van der Waals surface area contributed by atoms with Crippen molar-refractivity contribution in [2.75, 3.05) is 19.6 Å². The predicted octanol–water partition coefficient (Wildman–Crippen LogP) is 2.39. The molecule has 1 atom stereocenters. The second-order valence-electron chi connectivity index (χ2n) is 5.01. The Balaban J connectivity index is 2.08. The van der Waals surface area contributed by atoms with Crippen molar-refractivity contribution in [3.63, 3.8) is 0 Å². The fourth-order valence-corrected chi connectivity index (χ4v) is 3.31. The Hall–Kier alpha value is -1.06. The molecule has 1 saturated heterocycles. The monoisotopic (exact) mass is 264 g/mol. The lowest BCUT2D eigenvalue weighted by atomic mass is 9.99. The Bertz CT molecular complexity index is 501. The van der Waals surface area contributed by atoms with Crippen LogP contribution in [0.2, 0.25) is 5.02 Å². The number of carbonyl (C=O) groups excluding carboxylic acids is 1. The minimum atomic E-state index is 0.101. The third-order valence-corrected chi connectivity index (χ3v) is 4.09. The van der Waals surface area contributed by atoms with E-state index in [4.69, 9.17) is 11.6 Å². The summed E-state index contributed by atoms with van der Waals surface area (Å²) >= 11 is 6.30. The van der Waals surface area contributed by atoms with Crippen molar-refractivity contribution in [3.8, 4) is 0 Å². The van der Waals surface area contributed by atoms with Crippen molar-refractivity contribution in [3.05, 3.63) is 33.8 Å². The van der Waals surface area contributed by atoms with Gasteiger partial charge in [-0.2, -0.15) is 0 Å². The van der Waals surface area contributed by atoms with Crippen LogP contribution in [0.4, 0.5) is 0 Å². The highest BCUT2D eigenvalue weighted by molar-refractivity contribution is 6.34. The number of hydrogen-bond donors (Lipinski definition) is 1. The fraction of sp³-hybridized carbons (Fsp3) is 0.500. The number of nitrogens with one attached hydrogen (secondary N) is 1. The van der Waals surface area contributed by atoms with Gasteiger partial charge in [0, 0.05) is 19.6 Å². The van der Waals surface area contributed by atoms with Crippen LogP contribution >= 0.6 is 11.6 Å². The number of rotatable bonds is 2. The molecule has 0 bridgehead atoms. The summed E-state index contributed by atoms with van der Waals surface area (Å²) in [4.78, 5) is 14.3. The van der Waals surface area contributed by atoms with Crippen LogP contribution in [0.1, 0.15) is 40.9 Å². The molecule has 1 amide bonds. The maximum Gasteiger partial charge on any atom is 0.256 e. The molecule has 1 fully saturated rings. The average Bonchev–Trinajstić information content (AvgIpc) is 2.65. The van der Waals surface area contributed by atoms with E-state index in [1.165, 1.54) is 5.56 Å². The number of piperazine rings is 1. The molecule has 3 rings (SSSR count). The molecule has 0 saturated carbocycles. The third-order valence-electron chi connectivity index (χ3n) is 3.80. The number of fused-ring (bicyclic) bond motifs is 3. The molecule has 0 spiro atoms. The van der Waals surface area contributed by atoms with E-state index in [2.05, 4.69) is 18.3 Å². The molecule has 0 aromatic heterocycles. The molecule has 1 aromatic carbocycles. The van der Waals surface area contributed by atoms with Gasteiger partial charge in [0.15, 0.2) is 0 Å². The summed E-state index contributed by atoms with van der Waals surface area (Å²) in [6.45, 7) is 4.64. The van der Waals surface area contributed by atoms with E-state index in [-0.39, 0.29) is 11.9 Å². The Morgan fingerprint density at radius 3 is 3.11 bits per heavy atom. The highest BCUT2D eigenvalue weighted by Crippen LogP contribution is 2.38. The van der Waals surface area contributed by atoms with Gasteiger partial charge in [-0.25, -0.2) is 0 Å². The highest BCUT2D eigenvalue weighted by Gasteiger charge is 2.39. The lowest BCUT2D eigenvalue weighted by Crippen LogP contribution is -2.44. The van der Waals surface area contributed by atoms with Crippen LogP contribution in [0, 0.1) is 0 Å². The zero-order chi connectivity index (χ0) is 12.7. The van der Waals surface area contributed by atoms with Crippen molar-refractivity contribution in [2.45, 2.75) is 25.8 Å². The van der Waals surface area contributed by atoms with Crippen molar-refractivity contribution >= 4 is 17.5 Å². The smallest absolute Gasteiger partial charge is 0.256 e. The molecular formula is C14H17ClN2O. The number of nitrogens with zero attached hydrogens (tertiary/aromatic N) is 1. The summed E-state index contributed by atoms with van der Waals surface area (Å²) in [5, 5.41) is 3.97. The maximum absolute atomic E-state index is 12.3. The molecular weight excluding hydrogens is 248 g/mol. The first kappa shape index (κ1) is 12.0. The quantitative estimate of drug-likeness (QED) is 0.890. The number of amides is 1. The first-order valence-corrected chi connectivity index (χ1v) is 6.94. The largest absolute Gasteiger partial charge is 0.329 e. The van der Waals surface area contributed by atoms with Crippen molar-refractivity contribution in [2.24, 2.45) is 0 Å². The summed E-state index contributed by atoms with van der Waals surface area (Å²) in [6.07, 6.45) is 2.11. The Labute approximate surface area is 112 Å². The van der Waals surface area contributed by atoms with Gasteiger partial charge in [0.25, 0.3) is 5.91 Å². The second kappa shape index (κ2) is 4.56. The zero-order valence-electron chi connectivity index (χ0n) is 10.5. The van der Waals surface area contributed by atoms with E-state index in [0.29, 0.717) is 5.02 Å². The number of hydrogen-bond acceptors (Lipinski definition) is 2. The molecule has 2 aliphatic heterocycles. The van der Waals surface area contributed by atoms with Crippen LogP contribution < -0.4 is 5.32 Å². The number of benzene rings is 1. The Morgan fingerprint density at radius 1 is 1.50 bits per heavy atom. The Morgan fingerprint density at radius 2 is 2.33 bits per heavy atom. The van der Waals surface area contributed by atoms with Crippen LogP contribution in [-0.4, -0.2) is 30.4 Å². The zero-order valence-corrected chi connectivity index (χ0v) is 11.3. The van der Waals surface area contributed by atoms with Crippen LogP contribution in [0.25, 0.3) is 0 Å². The predicted molar refractivity (Wildman–Crippen MR) is 72.1 cm³/mol. The summed E-state index contributed by atoms with van der Waals surface area (Å²) in [6, 6.07) is 4.30. The van der Waals surface area contributed by atoms with Gasteiger partial charge in [-0.15, -0.1) is 0 Å². The minimum absolute atomic E-state index is 0.101. The van der Waals surface area contributed by atoms with Crippen LogP contribution in [0.5, 0.6) is 0 Å². The lowest BCUT2D eigenvalue weighted by molar-refractivity contribution is 0.0691. The molecule has 2 aliphatic rings. The minimum Gasteiger partial charge on any atom is -0.329 e. The summed E-state index contributed by atoms with van der Waals surface area (Å²) in [5.41, 5.74) is 3.08. The number of carbonyl (C=O) groups is 1. The maximum atomic E-state index is 12.3. The molecule has 18 heavy (non-hydrogen) atoms. The van der Waals surface area contributed by atoms with E-state index in [1.807, 2.05) is 11.0 Å². The number of aryl methyl sites for hydroxylation is 1. The number of halogens is 1. The summed E-state index contributed by atoms with van der Waals surface area (Å²) < 4.78 is 0. The molecule has 0 radical (unpaired) electrons. The molecule has 0 unspecified atom stereocenters. The van der Waals surface area contributed by atoms with E-state index < -0.39 is 0 Å². The third kappa shape index (κ3) is 1.73. The van der Waals surface area contributed by atoms with Gasteiger partial charge in [0.2, 0.25) is 0 Å². The van der Waals surface area contributed by atoms with Gasteiger partial charge in [-0.1, -0.05) is 31.0 Å². The highest BCUT2D eigenvalue weighted by atomic mass is 35.5. The molecule has 96 valence electrons.